The van der Waals surface area contributed by atoms with Gasteiger partial charge in [0, 0.05) is 25.7 Å². The third-order valence-electron chi connectivity index (χ3n) is 4.10. The van der Waals surface area contributed by atoms with E-state index in [1.807, 2.05) is 13.0 Å². The summed E-state index contributed by atoms with van der Waals surface area (Å²) >= 11 is 0. The summed E-state index contributed by atoms with van der Waals surface area (Å²) in [5, 5.41) is 2.95. The van der Waals surface area contributed by atoms with E-state index in [0.717, 1.165) is 38.2 Å². The van der Waals surface area contributed by atoms with Crippen LogP contribution in [0.3, 0.4) is 0 Å². The molecule has 2 rings (SSSR count). The van der Waals surface area contributed by atoms with Gasteiger partial charge in [-0.25, -0.2) is 9.97 Å². The number of anilines is 1. The second kappa shape index (κ2) is 8.11. The van der Waals surface area contributed by atoms with Crippen LogP contribution in [0.5, 0.6) is 0 Å². The second-order valence-corrected chi connectivity index (χ2v) is 6.32. The standard InChI is InChI=1S/C17H28N4O/c1-4-5-6-9-18-17(22)15-11-16(20-14(3)19-15)21-10-7-8-13(2)12-21/h11,13H,4-10,12H2,1-3H3,(H,18,22). The van der Waals surface area contributed by atoms with E-state index in [1.165, 1.54) is 12.8 Å². The molecule has 1 unspecified atom stereocenters. The summed E-state index contributed by atoms with van der Waals surface area (Å²) < 4.78 is 0. The third kappa shape index (κ3) is 4.68. The van der Waals surface area contributed by atoms with Crippen LogP contribution in [0.25, 0.3) is 0 Å². The van der Waals surface area contributed by atoms with Crippen LogP contribution in [0, 0.1) is 12.8 Å². The Bertz CT molecular complexity index is 503. The van der Waals surface area contributed by atoms with Gasteiger partial charge in [0.05, 0.1) is 0 Å². The van der Waals surface area contributed by atoms with E-state index in [2.05, 4.69) is 34.0 Å². The average Bonchev–Trinajstić information content (AvgIpc) is 2.51. The lowest BCUT2D eigenvalue weighted by molar-refractivity contribution is 0.0947. The van der Waals surface area contributed by atoms with Gasteiger partial charge in [-0.3, -0.25) is 4.79 Å². The van der Waals surface area contributed by atoms with Crippen LogP contribution in [-0.4, -0.2) is 35.5 Å². The lowest BCUT2D eigenvalue weighted by atomic mass is 10.0. The van der Waals surface area contributed by atoms with Gasteiger partial charge in [-0.2, -0.15) is 0 Å². The van der Waals surface area contributed by atoms with Gasteiger partial charge >= 0.3 is 0 Å². The summed E-state index contributed by atoms with van der Waals surface area (Å²) in [5.41, 5.74) is 0.484. The van der Waals surface area contributed by atoms with Crippen molar-refractivity contribution in [2.75, 3.05) is 24.5 Å². The van der Waals surface area contributed by atoms with Crippen molar-refractivity contribution in [3.8, 4) is 0 Å². The van der Waals surface area contributed by atoms with Crippen molar-refractivity contribution in [2.45, 2.75) is 52.9 Å². The van der Waals surface area contributed by atoms with Crippen LogP contribution < -0.4 is 10.2 Å². The van der Waals surface area contributed by atoms with Crippen molar-refractivity contribution in [3.63, 3.8) is 0 Å². The van der Waals surface area contributed by atoms with E-state index >= 15 is 0 Å². The Morgan fingerprint density at radius 3 is 2.95 bits per heavy atom. The number of nitrogens with zero attached hydrogens (tertiary/aromatic N) is 3. The fourth-order valence-corrected chi connectivity index (χ4v) is 2.90. The molecule has 5 heteroatoms. The summed E-state index contributed by atoms with van der Waals surface area (Å²) in [6.45, 7) is 9.01. The maximum Gasteiger partial charge on any atom is 0.270 e. The quantitative estimate of drug-likeness (QED) is 0.821. The minimum atomic E-state index is -0.0899. The first kappa shape index (κ1) is 16.7. The van der Waals surface area contributed by atoms with E-state index < -0.39 is 0 Å². The largest absolute Gasteiger partial charge is 0.356 e. The number of hydrogen-bond acceptors (Lipinski definition) is 4. The molecule has 0 bridgehead atoms. The van der Waals surface area contributed by atoms with Crippen molar-refractivity contribution in [1.29, 1.82) is 0 Å². The van der Waals surface area contributed by atoms with E-state index in [1.54, 1.807) is 0 Å². The Kier molecular flexibility index (Phi) is 6.16. The van der Waals surface area contributed by atoms with Gasteiger partial charge in [-0.15, -0.1) is 0 Å². The van der Waals surface area contributed by atoms with Crippen molar-refractivity contribution in [3.05, 3.63) is 17.6 Å². The molecule has 0 aliphatic carbocycles. The molecule has 0 aromatic carbocycles. The molecule has 0 radical (unpaired) electrons. The zero-order valence-electron chi connectivity index (χ0n) is 14.1. The maximum atomic E-state index is 12.2. The fourth-order valence-electron chi connectivity index (χ4n) is 2.90. The number of aryl methyl sites for hydroxylation is 1. The average molecular weight is 304 g/mol. The Labute approximate surface area is 133 Å². The van der Waals surface area contributed by atoms with Gasteiger partial charge in [0.1, 0.15) is 17.3 Å². The minimum Gasteiger partial charge on any atom is -0.356 e. The molecule has 1 atom stereocenters. The molecular weight excluding hydrogens is 276 g/mol. The first-order valence-corrected chi connectivity index (χ1v) is 8.49. The molecule has 1 amide bonds. The number of amides is 1. The zero-order chi connectivity index (χ0) is 15.9. The Morgan fingerprint density at radius 1 is 1.41 bits per heavy atom. The van der Waals surface area contributed by atoms with E-state index in [0.29, 0.717) is 24.0 Å². The summed E-state index contributed by atoms with van der Waals surface area (Å²) in [7, 11) is 0. The number of rotatable bonds is 6. The molecule has 5 nitrogen and oxygen atoms in total. The molecule has 0 saturated carbocycles. The van der Waals surface area contributed by atoms with Crippen molar-refractivity contribution in [1.82, 2.24) is 15.3 Å². The van der Waals surface area contributed by atoms with E-state index in [-0.39, 0.29) is 5.91 Å². The molecule has 1 aliphatic heterocycles. The fraction of sp³-hybridized carbons (Fsp3) is 0.706. The zero-order valence-corrected chi connectivity index (χ0v) is 14.1. The number of piperidine rings is 1. The normalized spacial score (nSPS) is 18.3. The SMILES string of the molecule is CCCCCNC(=O)c1cc(N2CCCC(C)C2)nc(C)n1. The summed E-state index contributed by atoms with van der Waals surface area (Å²) in [6, 6.07) is 1.83. The molecule has 1 aliphatic rings. The van der Waals surface area contributed by atoms with Gasteiger partial charge in [-0.05, 0) is 32.1 Å². The predicted octanol–water partition coefficient (Wildman–Crippen LogP) is 2.94. The molecule has 22 heavy (non-hydrogen) atoms. The summed E-state index contributed by atoms with van der Waals surface area (Å²) in [4.78, 5) is 23.3. The Balaban J connectivity index is 2.04. The number of hydrogen-bond donors (Lipinski definition) is 1. The maximum absolute atomic E-state index is 12.2. The first-order valence-electron chi connectivity index (χ1n) is 8.49. The second-order valence-electron chi connectivity index (χ2n) is 6.32. The molecule has 122 valence electrons. The number of aromatic nitrogens is 2. The molecule has 1 aromatic rings. The van der Waals surface area contributed by atoms with Crippen LogP contribution in [-0.2, 0) is 0 Å². The molecule has 1 aromatic heterocycles. The number of nitrogens with one attached hydrogen (secondary N) is 1. The molecule has 1 N–H and O–H groups in total. The third-order valence-corrected chi connectivity index (χ3v) is 4.10. The molecular formula is C17H28N4O. The molecule has 2 heterocycles. The lowest BCUT2D eigenvalue weighted by Gasteiger charge is -2.32. The van der Waals surface area contributed by atoms with E-state index in [4.69, 9.17) is 0 Å². The van der Waals surface area contributed by atoms with Crippen LogP contribution in [0.1, 0.15) is 62.3 Å². The number of carbonyl (C=O) groups excluding carboxylic acids is 1. The topological polar surface area (TPSA) is 58.1 Å². The monoisotopic (exact) mass is 304 g/mol. The van der Waals surface area contributed by atoms with Gasteiger partial charge in [0.25, 0.3) is 5.91 Å². The molecule has 1 saturated heterocycles. The van der Waals surface area contributed by atoms with Crippen LogP contribution >= 0.6 is 0 Å². The highest BCUT2D eigenvalue weighted by molar-refractivity contribution is 5.92. The highest BCUT2D eigenvalue weighted by Gasteiger charge is 2.19. The molecule has 0 spiro atoms. The molecule has 1 fully saturated rings. The van der Waals surface area contributed by atoms with Crippen LogP contribution in [0.2, 0.25) is 0 Å². The first-order chi connectivity index (χ1) is 10.6. The highest BCUT2D eigenvalue weighted by atomic mass is 16.1. The highest BCUT2D eigenvalue weighted by Crippen LogP contribution is 2.21. The van der Waals surface area contributed by atoms with E-state index in [9.17, 15) is 4.79 Å². The number of unbranched alkanes of at least 4 members (excludes halogenated alkanes) is 2. The van der Waals surface area contributed by atoms with Crippen LogP contribution in [0.15, 0.2) is 6.07 Å². The van der Waals surface area contributed by atoms with Gasteiger partial charge in [0.15, 0.2) is 0 Å². The van der Waals surface area contributed by atoms with Gasteiger partial charge in [-0.1, -0.05) is 26.7 Å². The number of carbonyl (C=O) groups is 1. The Hall–Kier alpha value is -1.65. The van der Waals surface area contributed by atoms with Crippen molar-refractivity contribution >= 4 is 11.7 Å². The minimum absolute atomic E-state index is 0.0899. The lowest BCUT2D eigenvalue weighted by Crippen LogP contribution is -2.35. The predicted molar refractivity (Wildman–Crippen MR) is 89.2 cm³/mol. The van der Waals surface area contributed by atoms with Gasteiger partial charge < -0.3 is 10.2 Å². The Morgan fingerprint density at radius 2 is 2.23 bits per heavy atom. The van der Waals surface area contributed by atoms with Crippen LogP contribution in [0.4, 0.5) is 5.82 Å². The summed E-state index contributed by atoms with van der Waals surface area (Å²) in [6.07, 6.45) is 5.76. The van der Waals surface area contributed by atoms with Crippen molar-refractivity contribution < 1.29 is 4.79 Å². The van der Waals surface area contributed by atoms with Crippen molar-refractivity contribution in [2.24, 2.45) is 5.92 Å². The van der Waals surface area contributed by atoms with Gasteiger partial charge in [0.2, 0.25) is 0 Å². The summed E-state index contributed by atoms with van der Waals surface area (Å²) in [5.74, 6) is 2.13. The smallest absolute Gasteiger partial charge is 0.270 e.